The van der Waals surface area contributed by atoms with Gasteiger partial charge in [0.05, 0.1) is 12.3 Å². The molecule has 3 fully saturated rings. The van der Waals surface area contributed by atoms with Crippen molar-refractivity contribution in [3.05, 3.63) is 24.2 Å². The van der Waals surface area contributed by atoms with Crippen molar-refractivity contribution in [2.45, 2.75) is 51.0 Å². The Balaban J connectivity index is 1.39. The molecule has 3 heterocycles. The van der Waals surface area contributed by atoms with Crippen molar-refractivity contribution in [2.24, 2.45) is 10.4 Å². The van der Waals surface area contributed by atoms with Crippen LogP contribution in [0, 0.1) is 5.41 Å². The topological polar surface area (TPSA) is 44.0 Å². The van der Waals surface area contributed by atoms with Gasteiger partial charge in [-0.05, 0) is 62.7 Å². The first-order valence-electron chi connectivity index (χ1n) is 10.0. The molecular formula is C20H32N4O. The molecule has 5 heteroatoms. The number of rotatable bonds is 4. The minimum Gasteiger partial charge on any atom is -0.468 e. The summed E-state index contributed by atoms with van der Waals surface area (Å²) < 4.78 is 5.76. The minimum atomic E-state index is 0.298. The first-order valence-corrected chi connectivity index (χ1v) is 10.0. The number of likely N-dealkylation sites (tertiary alicyclic amines) is 2. The third-order valence-electron chi connectivity index (χ3n) is 6.52. The van der Waals surface area contributed by atoms with E-state index in [9.17, 15) is 0 Å². The van der Waals surface area contributed by atoms with Crippen molar-refractivity contribution in [3.8, 4) is 0 Å². The third kappa shape index (κ3) is 3.57. The van der Waals surface area contributed by atoms with Crippen molar-refractivity contribution < 1.29 is 4.42 Å². The molecule has 0 aromatic carbocycles. The summed E-state index contributed by atoms with van der Waals surface area (Å²) in [6.45, 7) is 5.53. The van der Waals surface area contributed by atoms with Gasteiger partial charge in [0.1, 0.15) is 5.76 Å². The van der Waals surface area contributed by atoms with Crippen LogP contribution in [0.3, 0.4) is 0 Å². The number of piperidine rings is 1. The lowest BCUT2D eigenvalue weighted by Crippen LogP contribution is -2.46. The van der Waals surface area contributed by atoms with Gasteiger partial charge in [-0.1, -0.05) is 12.8 Å². The van der Waals surface area contributed by atoms with E-state index in [1.165, 1.54) is 64.6 Å². The molecule has 3 aliphatic rings. The zero-order valence-electron chi connectivity index (χ0n) is 15.5. The third-order valence-corrected chi connectivity index (χ3v) is 6.52. The van der Waals surface area contributed by atoms with Gasteiger partial charge >= 0.3 is 0 Å². The van der Waals surface area contributed by atoms with Crippen molar-refractivity contribution in [2.75, 3.05) is 39.8 Å². The molecule has 1 saturated carbocycles. The molecule has 1 atom stereocenters. The predicted molar refractivity (Wildman–Crippen MR) is 101 cm³/mol. The van der Waals surface area contributed by atoms with E-state index in [1.807, 2.05) is 13.1 Å². The Morgan fingerprint density at radius 2 is 2.04 bits per heavy atom. The summed E-state index contributed by atoms with van der Waals surface area (Å²) in [5, 5.41) is 3.66. The first-order chi connectivity index (χ1) is 12.3. The molecule has 1 spiro atoms. The average molecular weight is 345 g/mol. The number of guanidine groups is 1. The van der Waals surface area contributed by atoms with E-state index >= 15 is 0 Å². The number of aliphatic imine (C=N–C) groups is 1. The molecule has 0 amide bonds. The fraction of sp³-hybridized carbons (Fsp3) is 0.750. The Kier molecular flexibility index (Phi) is 5.02. The quantitative estimate of drug-likeness (QED) is 0.673. The molecule has 1 unspecified atom stereocenters. The molecule has 1 N–H and O–H groups in total. The van der Waals surface area contributed by atoms with Crippen LogP contribution >= 0.6 is 0 Å². The Hall–Kier alpha value is -1.49. The molecule has 0 bridgehead atoms. The van der Waals surface area contributed by atoms with E-state index in [4.69, 9.17) is 4.42 Å². The van der Waals surface area contributed by atoms with Crippen molar-refractivity contribution >= 4 is 5.96 Å². The van der Waals surface area contributed by atoms with Crippen LogP contribution in [0.4, 0.5) is 0 Å². The van der Waals surface area contributed by atoms with Gasteiger partial charge in [0.15, 0.2) is 5.96 Å². The normalized spacial score (nSPS) is 25.2. The number of nitrogens with zero attached hydrogens (tertiary/aromatic N) is 3. The molecule has 2 aliphatic heterocycles. The van der Waals surface area contributed by atoms with Gasteiger partial charge in [-0.15, -0.1) is 0 Å². The van der Waals surface area contributed by atoms with Crippen molar-refractivity contribution in [1.29, 1.82) is 0 Å². The Morgan fingerprint density at radius 1 is 1.20 bits per heavy atom. The summed E-state index contributed by atoms with van der Waals surface area (Å²) in [5.74, 6) is 2.14. The lowest BCUT2D eigenvalue weighted by molar-refractivity contribution is 0.143. The van der Waals surface area contributed by atoms with Gasteiger partial charge in [0.2, 0.25) is 0 Å². The molecule has 1 aromatic rings. The first kappa shape index (κ1) is 17.0. The Bertz CT molecular complexity index is 573. The molecule has 25 heavy (non-hydrogen) atoms. The van der Waals surface area contributed by atoms with Crippen LogP contribution in [0.15, 0.2) is 27.8 Å². The molecule has 5 nitrogen and oxygen atoms in total. The second kappa shape index (κ2) is 7.40. The maximum atomic E-state index is 5.76. The molecular weight excluding hydrogens is 312 g/mol. The van der Waals surface area contributed by atoms with Gasteiger partial charge < -0.3 is 14.6 Å². The van der Waals surface area contributed by atoms with Crippen LogP contribution in [-0.2, 0) is 0 Å². The molecule has 0 radical (unpaired) electrons. The highest BCUT2D eigenvalue weighted by atomic mass is 16.3. The molecule has 1 aliphatic carbocycles. The number of furan rings is 1. The van der Waals surface area contributed by atoms with Gasteiger partial charge in [0, 0.05) is 26.7 Å². The highest BCUT2D eigenvalue weighted by molar-refractivity contribution is 5.80. The average Bonchev–Trinajstić information content (AvgIpc) is 3.29. The second-order valence-electron chi connectivity index (χ2n) is 8.08. The van der Waals surface area contributed by atoms with Gasteiger partial charge in [0.25, 0.3) is 0 Å². The summed E-state index contributed by atoms with van der Waals surface area (Å²) in [6.07, 6.45) is 11.3. The van der Waals surface area contributed by atoms with Crippen LogP contribution in [0.25, 0.3) is 0 Å². The van der Waals surface area contributed by atoms with E-state index in [-0.39, 0.29) is 0 Å². The maximum Gasteiger partial charge on any atom is 0.193 e. The maximum absolute atomic E-state index is 5.76. The smallest absolute Gasteiger partial charge is 0.193 e. The summed E-state index contributed by atoms with van der Waals surface area (Å²) in [7, 11) is 1.91. The van der Waals surface area contributed by atoms with E-state index in [2.05, 4.69) is 26.2 Å². The van der Waals surface area contributed by atoms with Crippen LogP contribution in [0.5, 0.6) is 0 Å². The van der Waals surface area contributed by atoms with E-state index in [1.54, 1.807) is 6.26 Å². The zero-order chi connectivity index (χ0) is 17.1. The number of nitrogens with one attached hydrogen (secondary N) is 1. The fourth-order valence-electron chi connectivity index (χ4n) is 4.84. The largest absolute Gasteiger partial charge is 0.468 e. The van der Waals surface area contributed by atoms with E-state index < -0.39 is 0 Å². The molecule has 138 valence electrons. The van der Waals surface area contributed by atoms with Crippen LogP contribution in [0.1, 0.15) is 56.7 Å². The summed E-state index contributed by atoms with van der Waals surface area (Å²) >= 11 is 0. The fourth-order valence-corrected chi connectivity index (χ4v) is 4.84. The summed E-state index contributed by atoms with van der Waals surface area (Å²) in [4.78, 5) is 9.61. The summed E-state index contributed by atoms with van der Waals surface area (Å²) in [6, 6.07) is 4.41. The number of hydrogen-bond donors (Lipinski definition) is 1. The van der Waals surface area contributed by atoms with Crippen LogP contribution in [-0.4, -0.2) is 55.5 Å². The highest BCUT2D eigenvalue weighted by Crippen LogP contribution is 2.47. The summed E-state index contributed by atoms with van der Waals surface area (Å²) in [5.41, 5.74) is 0.602. The zero-order valence-corrected chi connectivity index (χ0v) is 15.5. The van der Waals surface area contributed by atoms with Crippen molar-refractivity contribution in [1.82, 2.24) is 15.1 Å². The molecule has 4 rings (SSSR count). The second-order valence-corrected chi connectivity index (χ2v) is 8.08. The lowest BCUT2D eigenvalue weighted by Gasteiger charge is -2.38. The van der Waals surface area contributed by atoms with Crippen LogP contribution in [0.2, 0.25) is 0 Å². The molecule has 2 saturated heterocycles. The van der Waals surface area contributed by atoms with Crippen LogP contribution < -0.4 is 5.32 Å². The van der Waals surface area contributed by atoms with Crippen molar-refractivity contribution in [3.63, 3.8) is 0 Å². The van der Waals surface area contributed by atoms with Gasteiger partial charge in [-0.25, -0.2) is 0 Å². The lowest BCUT2D eigenvalue weighted by atomic mass is 9.68. The van der Waals surface area contributed by atoms with Gasteiger partial charge in [-0.2, -0.15) is 0 Å². The number of hydrogen-bond acceptors (Lipinski definition) is 3. The standard InChI is InChI=1S/C20H32N4O/c1-21-19(24-13-10-20(16-24)8-6-9-20)22-15-17(18-7-5-14-25-18)23-11-3-2-4-12-23/h5,7,14,17H,2-4,6,8-13,15-16H2,1H3,(H,21,22). The van der Waals surface area contributed by atoms with E-state index in [0.29, 0.717) is 11.5 Å². The van der Waals surface area contributed by atoms with E-state index in [0.717, 1.165) is 24.8 Å². The monoisotopic (exact) mass is 344 g/mol. The SMILES string of the molecule is CN=C(NCC(c1ccco1)N1CCCCC1)N1CCC2(CCC2)C1. The highest BCUT2D eigenvalue weighted by Gasteiger charge is 2.43. The molecule has 1 aromatic heterocycles. The Morgan fingerprint density at radius 3 is 2.64 bits per heavy atom. The van der Waals surface area contributed by atoms with Gasteiger partial charge in [-0.3, -0.25) is 9.89 Å². The predicted octanol–water partition coefficient (Wildman–Crippen LogP) is 3.26. The Labute approximate surface area is 151 Å². The minimum absolute atomic E-state index is 0.298.